The monoisotopic (exact) mass is 455 g/mol. The Morgan fingerprint density at radius 1 is 1.03 bits per heavy atom. The van der Waals surface area contributed by atoms with Gasteiger partial charge in [0, 0.05) is 44.7 Å². The molecule has 0 atom stereocenters. The average molecular weight is 456 g/mol. The minimum absolute atomic E-state index is 0.0373. The van der Waals surface area contributed by atoms with E-state index < -0.39 is 0 Å². The van der Waals surface area contributed by atoms with E-state index in [2.05, 4.69) is 4.90 Å². The fourth-order valence-electron chi connectivity index (χ4n) is 4.12. The van der Waals surface area contributed by atoms with Crippen LogP contribution in [0.1, 0.15) is 30.1 Å². The predicted octanol–water partition coefficient (Wildman–Crippen LogP) is 3.40. The van der Waals surface area contributed by atoms with Crippen LogP contribution in [0, 0.1) is 0 Å². The number of rotatable bonds is 6. The molecule has 1 saturated heterocycles. The number of hydrogen-bond acceptors (Lipinski definition) is 5. The molecule has 0 saturated carbocycles. The van der Waals surface area contributed by atoms with Crippen LogP contribution < -0.4 is 14.5 Å². The molecule has 168 valence electrons. The van der Waals surface area contributed by atoms with Gasteiger partial charge in [0.15, 0.2) is 12.4 Å². The number of carbonyl (C=O) groups excluding carboxylic acids is 3. The van der Waals surface area contributed by atoms with E-state index in [1.54, 1.807) is 23.1 Å². The van der Waals surface area contributed by atoms with E-state index in [0.29, 0.717) is 49.5 Å². The molecule has 0 unspecified atom stereocenters. The summed E-state index contributed by atoms with van der Waals surface area (Å²) in [5.74, 6) is 0.426. The van der Waals surface area contributed by atoms with Gasteiger partial charge in [0.05, 0.1) is 16.4 Å². The highest BCUT2D eigenvalue weighted by molar-refractivity contribution is 6.33. The lowest BCUT2D eigenvalue weighted by atomic mass is 10.1. The van der Waals surface area contributed by atoms with Gasteiger partial charge in [-0.2, -0.15) is 0 Å². The molecule has 2 amide bonds. The second-order valence-corrected chi connectivity index (χ2v) is 8.40. The number of nitrogens with zero attached hydrogens (tertiary/aromatic N) is 3. The molecule has 0 radical (unpaired) electrons. The van der Waals surface area contributed by atoms with Gasteiger partial charge >= 0.3 is 0 Å². The number of hydrogen-bond donors (Lipinski definition) is 0. The normalized spacial score (nSPS) is 15.9. The van der Waals surface area contributed by atoms with Crippen molar-refractivity contribution < 1.29 is 19.1 Å². The topological polar surface area (TPSA) is 70.2 Å². The first kappa shape index (κ1) is 22.1. The van der Waals surface area contributed by atoms with Crippen molar-refractivity contribution in [2.75, 3.05) is 49.1 Å². The molecular formula is C24H26ClN3O4. The summed E-state index contributed by atoms with van der Waals surface area (Å²) in [6.45, 7) is 4.61. The summed E-state index contributed by atoms with van der Waals surface area (Å²) in [4.78, 5) is 42.6. The molecule has 2 aliphatic rings. The van der Waals surface area contributed by atoms with Gasteiger partial charge in [0.25, 0.3) is 5.91 Å². The summed E-state index contributed by atoms with van der Waals surface area (Å²) in [5, 5.41) is 0.718. The van der Waals surface area contributed by atoms with Crippen molar-refractivity contribution in [1.82, 2.24) is 4.90 Å². The zero-order chi connectivity index (χ0) is 22.7. The Morgan fingerprint density at radius 3 is 2.50 bits per heavy atom. The highest BCUT2D eigenvalue weighted by atomic mass is 35.5. The van der Waals surface area contributed by atoms with Crippen molar-refractivity contribution in [1.29, 1.82) is 0 Å². The third-order valence-electron chi connectivity index (χ3n) is 5.91. The van der Waals surface area contributed by atoms with E-state index in [9.17, 15) is 14.4 Å². The average Bonchev–Trinajstić information content (AvgIpc) is 2.80. The van der Waals surface area contributed by atoms with Gasteiger partial charge in [-0.3, -0.25) is 14.4 Å². The maximum atomic E-state index is 12.7. The van der Waals surface area contributed by atoms with Crippen LogP contribution in [0.4, 0.5) is 11.4 Å². The summed E-state index contributed by atoms with van der Waals surface area (Å²) in [6.07, 6.45) is 0.900. The van der Waals surface area contributed by atoms with Crippen molar-refractivity contribution >= 4 is 40.6 Å². The molecular weight excluding hydrogens is 430 g/mol. The SMILES string of the molecule is CC(=O)c1ccc2c(c1)N(CCCC(=O)N1CCN(c3ccccc3Cl)CC1)C(=O)CO2. The molecule has 0 N–H and O–H groups in total. The van der Waals surface area contributed by atoms with Gasteiger partial charge in [0.1, 0.15) is 5.75 Å². The fourth-order valence-corrected chi connectivity index (χ4v) is 4.37. The maximum absolute atomic E-state index is 12.7. The smallest absolute Gasteiger partial charge is 0.265 e. The molecule has 7 nitrogen and oxygen atoms in total. The number of ether oxygens (including phenoxy) is 1. The molecule has 2 heterocycles. The molecule has 1 fully saturated rings. The van der Waals surface area contributed by atoms with E-state index >= 15 is 0 Å². The first-order valence-corrected chi connectivity index (χ1v) is 11.2. The standard InChI is InChI=1S/C24H26ClN3O4/c1-17(29)18-8-9-22-21(15-18)28(24(31)16-32-22)10-4-7-23(30)27-13-11-26(12-14-27)20-6-3-2-5-19(20)25/h2-3,5-6,8-9,15H,4,7,10-14,16H2,1H3. The summed E-state index contributed by atoms with van der Waals surface area (Å²) >= 11 is 6.29. The zero-order valence-electron chi connectivity index (χ0n) is 18.1. The maximum Gasteiger partial charge on any atom is 0.265 e. The predicted molar refractivity (Wildman–Crippen MR) is 124 cm³/mol. The van der Waals surface area contributed by atoms with Crippen molar-refractivity contribution in [3.8, 4) is 5.75 Å². The summed E-state index contributed by atoms with van der Waals surface area (Å²) in [7, 11) is 0. The number of para-hydroxylation sites is 1. The van der Waals surface area contributed by atoms with Crippen LogP contribution in [0.25, 0.3) is 0 Å². The number of amides is 2. The van der Waals surface area contributed by atoms with Crippen LogP contribution in [0.2, 0.25) is 5.02 Å². The Labute approximate surface area is 192 Å². The highest BCUT2D eigenvalue weighted by Gasteiger charge is 2.27. The van der Waals surface area contributed by atoms with Crippen LogP contribution in [0.5, 0.6) is 5.75 Å². The van der Waals surface area contributed by atoms with Crippen LogP contribution in [-0.4, -0.2) is 61.8 Å². The molecule has 8 heteroatoms. The number of halogens is 1. The summed E-state index contributed by atoms with van der Waals surface area (Å²) in [5.41, 5.74) is 2.12. The lowest BCUT2D eigenvalue weighted by Gasteiger charge is -2.36. The van der Waals surface area contributed by atoms with Gasteiger partial charge in [-0.05, 0) is 43.7 Å². The van der Waals surface area contributed by atoms with E-state index in [0.717, 1.165) is 23.8 Å². The van der Waals surface area contributed by atoms with Crippen LogP contribution in [-0.2, 0) is 9.59 Å². The van der Waals surface area contributed by atoms with Crippen molar-refractivity contribution in [2.24, 2.45) is 0 Å². The van der Waals surface area contributed by atoms with E-state index in [1.807, 2.05) is 29.2 Å². The minimum Gasteiger partial charge on any atom is -0.482 e. The highest BCUT2D eigenvalue weighted by Crippen LogP contribution is 2.33. The summed E-state index contributed by atoms with van der Waals surface area (Å²) in [6, 6.07) is 12.8. The summed E-state index contributed by atoms with van der Waals surface area (Å²) < 4.78 is 5.49. The Morgan fingerprint density at radius 2 is 1.78 bits per heavy atom. The third kappa shape index (κ3) is 4.72. The number of anilines is 2. The Balaban J connectivity index is 1.31. The Hall–Kier alpha value is -3.06. The number of piperazine rings is 1. The van der Waals surface area contributed by atoms with Crippen LogP contribution in [0.15, 0.2) is 42.5 Å². The van der Waals surface area contributed by atoms with E-state index in [1.165, 1.54) is 6.92 Å². The molecule has 0 bridgehead atoms. The lowest BCUT2D eigenvalue weighted by molar-refractivity contribution is -0.131. The van der Waals surface area contributed by atoms with Crippen molar-refractivity contribution in [3.05, 3.63) is 53.1 Å². The molecule has 0 spiro atoms. The Kier molecular flexibility index (Phi) is 6.65. The number of carbonyl (C=O) groups is 3. The third-order valence-corrected chi connectivity index (χ3v) is 6.23. The second kappa shape index (κ2) is 9.61. The number of benzene rings is 2. The second-order valence-electron chi connectivity index (χ2n) is 8.00. The van der Waals surface area contributed by atoms with E-state index in [-0.39, 0.29) is 24.2 Å². The molecule has 32 heavy (non-hydrogen) atoms. The molecule has 2 aromatic carbocycles. The quantitative estimate of drug-likeness (QED) is 0.624. The van der Waals surface area contributed by atoms with Crippen molar-refractivity contribution in [3.63, 3.8) is 0 Å². The van der Waals surface area contributed by atoms with Gasteiger partial charge in [-0.15, -0.1) is 0 Å². The molecule has 4 rings (SSSR count). The van der Waals surface area contributed by atoms with Gasteiger partial charge in [0.2, 0.25) is 5.91 Å². The van der Waals surface area contributed by atoms with Gasteiger partial charge in [-0.1, -0.05) is 23.7 Å². The van der Waals surface area contributed by atoms with Gasteiger partial charge in [-0.25, -0.2) is 0 Å². The van der Waals surface area contributed by atoms with Crippen LogP contribution >= 0.6 is 11.6 Å². The Bertz CT molecular complexity index is 1030. The molecule has 2 aromatic rings. The molecule has 0 aliphatic carbocycles. The number of fused-ring (bicyclic) bond motifs is 1. The zero-order valence-corrected chi connectivity index (χ0v) is 18.8. The molecule has 2 aliphatic heterocycles. The fraction of sp³-hybridized carbons (Fsp3) is 0.375. The first-order valence-electron chi connectivity index (χ1n) is 10.8. The van der Waals surface area contributed by atoms with E-state index in [4.69, 9.17) is 16.3 Å². The lowest BCUT2D eigenvalue weighted by Crippen LogP contribution is -2.49. The minimum atomic E-state index is -0.168. The first-order chi connectivity index (χ1) is 15.4. The van der Waals surface area contributed by atoms with Crippen LogP contribution in [0.3, 0.4) is 0 Å². The largest absolute Gasteiger partial charge is 0.482 e. The molecule has 0 aromatic heterocycles. The number of ketones is 1. The van der Waals surface area contributed by atoms with Gasteiger partial charge < -0.3 is 19.4 Å². The van der Waals surface area contributed by atoms with Crippen molar-refractivity contribution in [2.45, 2.75) is 19.8 Å². The number of Topliss-reactive ketones (excluding diaryl/α,β-unsaturated/α-hetero) is 1.